The highest BCUT2D eigenvalue weighted by Crippen LogP contribution is 2.22. The minimum absolute atomic E-state index is 0.0442. The Kier molecular flexibility index (Phi) is 5.64. The van der Waals surface area contributed by atoms with Crippen LogP contribution in [-0.2, 0) is 4.79 Å². The summed E-state index contributed by atoms with van der Waals surface area (Å²) in [6, 6.07) is 7.29. The third kappa shape index (κ3) is 4.75. The standard InChI is InChI=1S/C15H20N2O3S/c1-10(2)7-11(8-18)16-14(19)9-21-15-17-12-5-3-4-6-13(12)20-15/h3-6,10-11,18H,7-9H2,1-2H3,(H,16,19). The van der Waals surface area contributed by atoms with Crippen molar-refractivity contribution in [3.05, 3.63) is 24.3 Å². The van der Waals surface area contributed by atoms with Crippen molar-refractivity contribution in [3.8, 4) is 0 Å². The first-order chi connectivity index (χ1) is 10.1. The number of aromatic nitrogens is 1. The molecular weight excluding hydrogens is 288 g/mol. The minimum Gasteiger partial charge on any atom is -0.431 e. The summed E-state index contributed by atoms with van der Waals surface area (Å²) in [5.41, 5.74) is 1.50. The van der Waals surface area contributed by atoms with Crippen LogP contribution in [0.1, 0.15) is 20.3 Å². The number of aliphatic hydroxyl groups is 1. The van der Waals surface area contributed by atoms with Crippen molar-refractivity contribution in [2.75, 3.05) is 12.4 Å². The van der Waals surface area contributed by atoms with Gasteiger partial charge in [-0.1, -0.05) is 37.7 Å². The van der Waals surface area contributed by atoms with E-state index in [1.807, 2.05) is 24.3 Å². The predicted octanol–water partition coefficient (Wildman–Crippen LogP) is 2.44. The van der Waals surface area contributed by atoms with Gasteiger partial charge in [-0.2, -0.15) is 0 Å². The van der Waals surface area contributed by atoms with Gasteiger partial charge in [-0.25, -0.2) is 4.98 Å². The molecule has 2 rings (SSSR count). The largest absolute Gasteiger partial charge is 0.431 e. The molecule has 0 radical (unpaired) electrons. The number of aliphatic hydroxyl groups excluding tert-OH is 1. The van der Waals surface area contributed by atoms with Crippen LogP contribution in [0.15, 0.2) is 33.9 Å². The summed E-state index contributed by atoms with van der Waals surface area (Å²) in [5, 5.41) is 12.6. The van der Waals surface area contributed by atoms with Crippen molar-refractivity contribution in [3.63, 3.8) is 0 Å². The fraction of sp³-hybridized carbons (Fsp3) is 0.467. The van der Waals surface area contributed by atoms with E-state index in [-0.39, 0.29) is 24.3 Å². The first kappa shape index (κ1) is 15.9. The molecule has 1 unspecified atom stereocenters. The number of hydrogen-bond donors (Lipinski definition) is 2. The van der Waals surface area contributed by atoms with Crippen LogP contribution in [0.2, 0.25) is 0 Å². The number of benzene rings is 1. The van der Waals surface area contributed by atoms with Crippen molar-refractivity contribution >= 4 is 28.8 Å². The van der Waals surface area contributed by atoms with E-state index < -0.39 is 0 Å². The number of fused-ring (bicyclic) bond motifs is 1. The van der Waals surface area contributed by atoms with Gasteiger partial charge in [-0.3, -0.25) is 4.79 Å². The maximum atomic E-state index is 11.9. The van der Waals surface area contributed by atoms with Crippen molar-refractivity contribution in [2.45, 2.75) is 31.5 Å². The van der Waals surface area contributed by atoms with E-state index in [1.165, 1.54) is 11.8 Å². The van der Waals surface area contributed by atoms with Gasteiger partial charge in [-0.15, -0.1) is 0 Å². The highest BCUT2D eigenvalue weighted by atomic mass is 32.2. The average Bonchev–Trinajstić information content (AvgIpc) is 2.86. The first-order valence-electron chi connectivity index (χ1n) is 6.97. The molecule has 0 bridgehead atoms. The molecule has 0 saturated carbocycles. The third-order valence-corrected chi connectivity index (χ3v) is 3.77. The van der Waals surface area contributed by atoms with Crippen LogP contribution in [0.25, 0.3) is 11.1 Å². The van der Waals surface area contributed by atoms with Crippen LogP contribution in [-0.4, -0.2) is 34.4 Å². The number of hydrogen-bond acceptors (Lipinski definition) is 5. The number of nitrogens with one attached hydrogen (secondary N) is 1. The molecule has 21 heavy (non-hydrogen) atoms. The van der Waals surface area contributed by atoms with Crippen molar-refractivity contribution in [1.29, 1.82) is 0 Å². The Bertz CT molecular complexity index is 564. The summed E-state index contributed by atoms with van der Waals surface area (Å²) in [5.74, 6) is 0.524. The molecule has 1 heterocycles. The van der Waals surface area contributed by atoms with Crippen LogP contribution in [0.5, 0.6) is 0 Å². The molecule has 1 aromatic carbocycles. The number of amides is 1. The zero-order chi connectivity index (χ0) is 15.2. The fourth-order valence-corrected chi connectivity index (χ4v) is 2.71. The minimum atomic E-state index is -0.193. The molecule has 2 aromatic rings. The molecular formula is C15H20N2O3S. The molecule has 0 spiro atoms. The zero-order valence-electron chi connectivity index (χ0n) is 12.2. The van der Waals surface area contributed by atoms with Crippen LogP contribution in [0.4, 0.5) is 0 Å². The molecule has 0 aliphatic heterocycles. The summed E-state index contributed by atoms with van der Waals surface area (Å²) in [6.45, 7) is 4.07. The molecule has 0 saturated heterocycles. The van der Waals surface area contributed by atoms with Crippen LogP contribution in [0.3, 0.4) is 0 Å². The molecule has 0 fully saturated rings. The lowest BCUT2D eigenvalue weighted by atomic mass is 10.0. The van der Waals surface area contributed by atoms with E-state index in [1.54, 1.807) is 0 Å². The summed E-state index contributed by atoms with van der Waals surface area (Å²) in [7, 11) is 0. The van der Waals surface area contributed by atoms with Crippen molar-refractivity contribution in [1.82, 2.24) is 10.3 Å². The summed E-state index contributed by atoms with van der Waals surface area (Å²) < 4.78 is 5.54. The molecule has 6 heteroatoms. The van der Waals surface area contributed by atoms with Gasteiger partial charge in [0.05, 0.1) is 18.4 Å². The second-order valence-electron chi connectivity index (χ2n) is 5.31. The van der Waals surface area contributed by atoms with Gasteiger partial charge in [0.2, 0.25) is 5.91 Å². The van der Waals surface area contributed by atoms with Crippen molar-refractivity contribution in [2.24, 2.45) is 5.92 Å². The van der Waals surface area contributed by atoms with Gasteiger partial charge in [0.15, 0.2) is 5.58 Å². The molecule has 0 aliphatic carbocycles. The Labute approximate surface area is 128 Å². The van der Waals surface area contributed by atoms with E-state index in [9.17, 15) is 9.90 Å². The lowest BCUT2D eigenvalue weighted by Crippen LogP contribution is -2.39. The maximum Gasteiger partial charge on any atom is 0.257 e. The maximum absolute atomic E-state index is 11.9. The SMILES string of the molecule is CC(C)CC(CO)NC(=O)CSc1nc2ccccc2o1. The number of carbonyl (C=O) groups is 1. The van der Waals surface area contributed by atoms with E-state index in [0.29, 0.717) is 16.7 Å². The van der Waals surface area contributed by atoms with Crippen LogP contribution in [0, 0.1) is 5.92 Å². The van der Waals surface area contributed by atoms with Crippen LogP contribution < -0.4 is 5.32 Å². The monoisotopic (exact) mass is 308 g/mol. The number of thioether (sulfide) groups is 1. The van der Waals surface area contributed by atoms with Gasteiger partial charge < -0.3 is 14.8 Å². The number of carbonyl (C=O) groups excluding carboxylic acids is 1. The predicted molar refractivity (Wildman–Crippen MR) is 83.2 cm³/mol. The van der Waals surface area contributed by atoms with Crippen molar-refractivity contribution < 1.29 is 14.3 Å². The normalized spacial score (nSPS) is 12.8. The molecule has 1 aromatic heterocycles. The Morgan fingerprint density at radius 1 is 1.43 bits per heavy atom. The fourth-order valence-electron chi connectivity index (χ4n) is 2.06. The Morgan fingerprint density at radius 2 is 2.19 bits per heavy atom. The molecule has 5 nitrogen and oxygen atoms in total. The zero-order valence-corrected chi connectivity index (χ0v) is 13.0. The summed E-state index contributed by atoms with van der Waals surface area (Å²) in [4.78, 5) is 16.2. The second-order valence-corrected chi connectivity index (χ2v) is 6.24. The van der Waals surface area contributed by atoms with Gasteiger partial charge >= 0.3 is 0 Å². The van der Waals surface area contributed by atoms with Gasteiger partial charge in [0, 0.05) is 0 Å². The number of para-hydroxylation sites is 2. The summed E-state index contributed by atoms with van der Waals surface area (Å²) in [6.07, 6.45) is 0.760. The molecule has 114 valence electrons. The van der Waals surface area contributed by atoms with Gasteiger partial charge in [-0.05, 0) is 24.5 Å². The molecule has 2 N–H and O–H groups in total. The lowest BCUT2D eigenvalue weighted by molar-refractivity contribution is -0.119. The number of oxazole rings is 1. The Balaban J connectivity index is 1.85. The van der Waals surface area contributed by atoms with E-state index in [4.69, 9.17) is 4.42 Å². The quantitative estimate of drug-likeness (QED) is 0.768. The van der Waals surface area contributed by atoms with E-state index in [2.05, 4.69) is 24.1 Å². The van der Waals surface area contributed by atoms with Crippen LogP contribution >= 0.6 is 11.8 Å². The van der Waals surface area contributed by atoms with E-state index in [0.717, 1.165) is 11.9 Å². The molecule has 0 aliphatic rings. The van der Waals surface area contributed by atoms with Gasteiger partial charge in [0.1, 0.15) is 5.52 Å². The summed E-state index contributed by atoms with van der Waals surface area (Å²) >= 11 is 1.25. The average molecular weight is 308 g/mol. The second kappa shape index (κ2) is 7.47. The smallest absolute Gasteiger partial charge is 0.257 e. The number of rotatable bonds is 7. The molecule has 1 atom stereocenters. The lowest BCUT2D eigenvalue weighted by Gasteiger charge is -2.17. The first-order valence-corrected chi connectivity index (χ1v) is 7.95. The number of nitrogens with zero attached hydrogens (tertiary/aromatic N) is 1. The topological polar surface area (TPSA) is 75.4 Å². The Hall–Kier alpha value is -1.53. The highest BCUT2D eigenvalue weighted by molar-refractivity contribution is 7.99. The molecule has 1 amide bonds. The highest BCUT2D eigenvalue weighted by Gasteiger charge is 2.14. The van der Waals surface area contributed by atoms with Gasteiger partial charge in [0.25, 0.3) is 5.22 Å². The Morgan fingerprint density at radius 3 is 2.86 bits per heavy atom. The third-order valence-electron chi connectivity index (χ3n) is 2.94. The van der Waals surface area contributed by atoms with E-state index >= 15 is 0 Å².